The monoisotopic (exact) mass is 263 g/mol. The van der Waals surface area contributed by atoms with E-state index in [0.29, 0.717) is 6.61 Å². The predicted octanol–water partition coefficient (Wildman–Crippen LogP) is 2.55. The van der Waals surface area contributed by atoms with Gasteiger partial charge in [0, 0.05) is 18.8 Å². The van der Waals surface area contributed by atoms with E-state index in [1.54, 1.807) is 11.8 Å². The van der Waals surface area contributed by atoms with Crippen molar-refractivity contribution in [2.75, 3.05) is 25.4 Å². The molecule has 0 aromatic carbocycles. The number of nitrogens with zero attached hydrogens (tertiary/aromatic N) is 1. The summed E-state index contributed by atoms with van der Waals surface area (Å²) in [5.41, 5.74) is 0. The number of carbonyl (C=O) groups is 1. The second-order valence-corrected chi connectivity index (χ2v) is 5.34. The second kappa shape index (κ2) is 8.82. The molecule has 5 heteroatoms. The van der Waals surface area contributed by atoms with Crippen molar-refractivity contribution in [3.63, 3.8) is 0 Å². The first-order valence-corrected chi connectivity index (χ1v) is 7.00. The molecule has 0 N–H and O–H groups in total. The van der Waals surface area contributed by atoms with Crippen molar-refractivity contribution >= 4 is 34.3 Å². The van der Waals surface area contributed by atoms with E-state index in [2.05, 4.69) is 18.7 Å². The number of ether oxygens (including phenoxy) is 1. The van der Waals surface area contributed by atoms with Crippen molar-refractivity contribution < 1.29 is 9.53 Å². The summed E-state index contributed by atoms with van der Waals surface area (Å²) in [7, 11) is 0. The van der Waals surface area contributed by atoms with Crippen molar-refractivity contribution in [1.29, 1.82) is 0 Å². The van der Waals surface area contributed by atoms with Crippen LogP contribution in [0, 0.1) is 5.92 Å². The van der Waals surface area contributed by atoms with E-state index in [-0.39, 0.29) is 11.9 Å². The summed E-state index contributed by atoms with van der Waals surface area (Å²) >= 11 is 6.82. The SMILES string of the molecule is CCN(CC)C(=S)SCCOC(=O)C(C)C. The summed E-state index contributed by atoms with van der Waals surface area (Å²) in [5.74, 6) is 0.530. The van der Waals surface area contributed by atoms with Gasteiger partial charge in [0.15, 0.2) is 0 Å². The second-order valence-electron chi connectivity index (χ2n) is 3.61. The van der Waals surface area contributed by atoms with Crippen LogP contribution < -0.4 is 0 Å². The normalized spacial score (nSPS) is 10.3. The minimum Gasteiger partial charge on any atom is -0.465 e. The number of hydrogen-bond acceptors (Lipinski definition) is 4. The van der Waals surface area contributed by atoms with Crippen LogP contribution in [0.1, 0.15) is 27.7 Å². The average Bonchev–Trinajstić information content (AvgIpc) is 2.25. The smallest absolute Gasteiger partial charge is 0.308 e. The zero-order valence-corrected chi connectivity index (χ0v) is 12.1. The zero-order chi connectivity index (χ0) is 12.6. The molecule has 0 bridgehead atoms. The fraction of sp³-hybridized carbons (Fsp3) is 0.818. The molecule has 16 heavy (non-hydrogen) atoms. The van der Waals surface area contributed by atoms with Crippen LogP contribution in [0.15, 0.2) is 0 Å². The molecular weight excluding hydrogens is 242 g/mol. The lowest BCUT2D eigenvalue weighted by Gasteiger charge is -2.20. The zero-order valence-electron chi connectivity index (χ0n) is 10.5. The molecule has 0 saturated carbocycles. The molecule has 0 spiro atoms. The van der Waals surface area contributed by atoms with Crippen molar-refractivity contribution in [2.24, 2.45) is 5.92 Å². The van der Waals surface area contributed by atoms with Crippen molar-refractivity contribution in [3.05, 3.63) is 0 Å². The molecule has 0 unspecified atom stereocenters. The summed E-state index contributed by atoms with van der Waals surface area (Å²) in [6.45, 7) is 10.1. The molecule has 0 radical (unpaired) electrons. The quantitative estimate of drug-likeness (QED) is 0.417. The Bertz CT molecular complexity index is 228. The molecule has 0 fully saturated rings. The number of thioether (sulfide) groups is 1. The lowest BCUT2D eigenvalue weighted by atomic mass is 10.2. The van der Waals surface area contributed by atoms with Gasteiger partial charge in [-0.15, -0.1) is 0 Å². The van der Waals surface area contributed by atoms with E-state index in [0.717, 1.165) is 23.2 Å². The van der Waals surface area contributed by atoms with Gasteiger partial charge in [-0.2, -0.15) is 0 Å². The average molecular weight is 263 g/mol. The minimum atomic E-state index is -0.144. The summed E-state index contributed by atoms with van der Waals surface area (Å²) in [5, 5.41) is 0. The molecule has 0 atom stereocenters. The Morgan fingerprint density at radius 2 is 1.94 bits per heavy atom. The Morgan fingerprint density at radius 1 is 1.38 bits per heavy atom. The van der Waals surface area contributed by atoms with Gasteiger partial charge in [0.25, 0.3) is 0 Å². The summed E-state index contributed by atoms with van der Waals surface area (Å²) in [6, 6.07) is 0. The van der Waals surface area contributed by atoms with Crippen LogP contribution in [-0.2, 0) is 9.53 Å². The van der Waals surface area contributed by atoms with E-state index in [4.69, 9.17) is 17.0 Å². The van der Waals surface area contributed by atoms with Crippen LogP contribution in [0.25, 0.3) is 0 Å². The third kappa shape index (κ3) is 6.33. The molecule has 0 aromatic rings. The highest BCUT2D eigenvalue weighted by molar-refractivity contribution is 8.22. The van der Waals surface area contributed by atoms with Crippen molar-refractivity contribution in [1.82, 2.24) is 4.90 Å². The Hall–Kier alpha value is -0.290. The first-order valence-electron chi connectivity index (χ1n) is 5.61. The fourth-order valence-electron chi connectivity index (χ4n) is 1.01. The van der Waals surface area contributed by atoms with Crippen molar-refractivity contribution in [3.8, 4) is 0 Å². The molecule has 0 aliphatic heterocycles. The van der Waals surface area contributed by atoms with Gasteiger partial charge >= 0.3 is 5.97 Å². The molecule has 0 amide bonds. The third-order valence-electron chi connectivity index (χ3n) is 2.05. The maximum absolute atomic E-state index is 11.2. The molecule has 0 aliphatic rings. The Kier molecular flexibility index (Phi) is 8.66. The Morgan fingerprint density at radius 3 is 2.38 bits per heavy atom. The van der Waals surface area contributed by atoms with Gasteiger partial charge in [-0.3, -0.25) is 4.79 Å². The van der Waals surface area contributed by atoms with Gasteiger partial charge in [-0.25, -0.2) is 0 Å². The van der Waals surface area contributed by atoms with Gasteiger partial charge < -0.3 is 9.64 Å². The number of esters is 1. The molecule has 0 heterocycles. The molecule has 0 aliphatic carbocycles. The van der Waals surface area contributed by atoms with Crippen LogP contribution in [0.4, 0.5) is 0 Å². The first kappa shape index (κ1) is 15.7. The van der Waals surface area contributed by atoms with E-state index in [1.807, 2.05) is 13.8 Å². The molecule has 0 aromatic heterocycles. The summed E-state index contributed by atoms with van der Waals surface area (Å²) < 4.78 is 5.94. The first-order chi connectivity index (χ1) is 7.52. The van der Waals surface area contributed by atoms with E-state index < -0.39 is 0 Å². The molecule has 94 valence electrons. The Balaban J connectivity index is 3.66. The lowest BCUT2D eigenvalue weighted by molar-refractivity contribution is -0.146. The summed E-state index contributed by atoms with van der Waals surface area (Å²) in [6.07, 6.45) is 0. The molecule has 0 saturated heterocycles. The van der Waals surface area contributed by atoms with Gasteiger partial charge in [-0.1, -0.05) is 37.8 Å². The number of carbonyl (C=O) groups excluding carboxylic acids is 1. The highest BCUT2D eigenvalue weighted by Gasteiger charge is 2.09. The maximum Gasteiger partial charge on any atom is 0.308 e. The van der Waals surface area contributed by atoms with Crippen LogP contribution >= 0.6 is 24.0 Å². The summed E-state index contributed by atoms with van der Waals surface area (Å²) in [4.78, 5) is 13.3. The van der Waals surface area contributed by atoms with E-state index in [9.17, 15) is 4.79 Å². The van der Waals surface area contributed by atoms with Gasteiger partial charge in [0.2, 0.25) is 0 Å². The van der Waals surface area contributed by atoms with Gasteiger partial charge in [-0.05, 0) is 13.8 Å². The van der Waals surface area contributed by atoms with Gasteiger partial charge in [0.05, 0.1) is 5.92 Å². The maximum atomic E-state index is 11.2. The molecule has 0 rings (SSSR count). The van der Waals surface area contributed by atoms with Crippen LogP contribution in [0.3, 0.4) is 0 Å². The molecular formula is C11H21NO2S2. The number of rotatable bonds is 6. The molecule has 3 nitrogen and oxygen atoms in total. The lowest BCUT2D eigenvalue weighted by Crippen LogP contribution is -2.27. The standard InChI is InChI=1S/C11H21NO2S2/c1-5-12(6-2)11(15)16-8-7-14-10(13)9(3)4/h9H,5-8H2,1-4H3. The van der Waals surface area contributed by atoms with Crippen LogP contribution in [0.2, 0.25) is 0 Å². The Labute approximate surface area is 108 Å². The predicted molar refractivity (Wildman–Crippen MR) is 73.8 cm³/mol. The topological polar surface area (TPSA) is 29.5 Å². The number of thiocarbonyl (C=S) groups is 1. The highest BCUT2D eigenvalue weighted by Crippen LogP contribution is 2.09. The fourth-order valence-corrected chi connectivity index (χ4v) is 2.30. The van der Waals surface area contributed by atoms with Crippen LogP contribution in [0.5, 0.6) is 0 Å². The third-order valence-corrected chi connectivity index (χ3v) is 3.53. The highest BCUT2D eigenvalue weighted by atomic mass is 32.2. The minimum absolute atomic E-state index is 0.0558. The van der Waals surface area contributed by atoms with Crippen molar-refractivity contribution in [2.45, 2.75) is 27.7 Å². The largest absolute Gasteiger partial charge is 0.465 e. The van der Waals surface area contributed by atoms with E-state index >= 15 is 0 Å². The van der Waals surface area contributed by atoms with E-state index in [1.165, 1.54) is 0 Å². The van der Waals surface area contributed by atoms with Crippen LogP contribution in [-0.4, -0.2) is 40.6 Å². The number of hydrogen-bond donors (Lipinski definition) is 0. The van der Waals surface area contributed by atoms with Gasteiger partial charge in [0.1, 0.15) is 10.9 Å².